The first-order valence-electron chi connectivity index (χ1n) is 14.0. The lowest BCUT2D eigenvalue weighted by atomic mass is 10.0. The van der Waals surface area contributed by atoms with Gasteiger partial charge in [-0.25, -0.2) is 9.98 Å². The number of fused-ring (bicyclic) bond motifs is 1. The van der Waals surface area contributed by atoms with Gasteiger partial charge in [-0.05, 0) is 82.9 Å². The van der Waals surface area contributed by atoms with Crippen LogP contribution in [0.3, 0.4) is 0 Å². The number of ether oxygens (including phenoxy) is 4. The van der Waals surface area contributed by atoms with E-state index in [2.05, 4.69) is 65.5 Å². The van der Waals surface area contributed by atoms with Gasteiger partial charge in [0, 0.05) is 24.1 Å². The number of unbranched alkanes of at least 4 members (excludes halogenated alkanes) is 1. The number of nitrogens with zero attached hydrogens (tertiary/aromatic N) is 2. The second-order valence-electron chi connectivity index (χ2n) is 9.07. The number of thioether (sulfide) groups is 1. The van der Waals surface area contributed by atoms with Crippen LogP contribution < -0.4 is 9.47 Å². The minimum atomic E-state index is -0.0844. The van der Waals surface area contributed by atoms with Crippen LogP contribution in [0.4, 0.5) is 0 Å². The molecule has 0 saturated heterocycles. The fourth-order valence-corrected chi connectivity index (χ4v) is 5.25. The molecule has 0 bridgehead atoms. The molecule has 0 amide bonds. The Kier molecular flexibility index (Phi) is 13.8. The lowest BCUT2D eigenvalue weighted by Gasteiger charge is -2.18. The Labute approximate surface area is 252 Å². The van der Waals surface area contributed by atoms with E-state index in [1.807, 2.05) is 38.1 Å². The SMILES string of the molecule is CC.CCCCc1ccc(CCC2=NC(COC)[C@H](c3ccc(SC)cc3)O2)c(Br)n1.c1ccc2c(c1)OCO2. The van der Waals surface area contributed by atoms with Crippen molar-refractivity contribution in [1.82, 2.24) is 4.98 Å². The minimum absolute atomic E-state index is 0.00637. The third-order valence-corrected chi connectivity index (χ3v) is 7.79. The molecule has 8 heteroatoms. The Balaban J connectivity index is 0.000000333. The first-order valence-corrected chi connectivity index (χ1v) is 16.0. The lowest BCUT2D eigenvalue weighted by molar-refractivity contribution is 0.119. The zero-order chi connectivity index (χ0) is 28.7. The molecule has 3 heterocycles. The van der Waals surface area contributed by atoms with Gasteiger partial charge in [-0.2, -0.15) is 0 Å². The van der Waals surface area contributed by atoms with Crippen LogP contribution in [0.2, 0.25) is 0 Å². The average molecular weight is 630 g/mol. The summed E-state index contributed by atoms with van der Waals surface area (Å²) < 4.78 is 22.7. The standard InChI is InChI=1S/C23H29BrN2O2S.C7H6O2.C2H6/c1-4-5-6-18-11-7-17(23(24)25-18)10-14-21-26-20(15-27-2)22(28-21)16-8-12-19(29-3)13-9-16;1-2-4-7-6(3-1)8-5-9-7;1-2/h7-9,11-13,20,22H,4-6,10,14-15H2,1-3H3;1-4H,5H2;1-2H3/t20?,22-;;/m0../s1. The van der Waals surface area contributed by atoms with E-state index in [0.29, 0.717) is 13.4 Å². The molecule has 0 aliphatic carbocycles. The highest BCUT2D eigenvalue weighted by atomic mass is 79.9. The molecule has 1 aromatic heterocycles. The number of hydrogen-bond donors (Lipinski definition) is 0. The smallest absolute Gasteiger partial charge is 0.231 e. The molecule has 2 aliphatic heterocycles. The number of para-hydroxylation sites is 2. The third kappa shape index (κ3) is 9.25. The average Bonchev–Trinajstić information content (AvgIpc) is 3.64. The van der Waals surface area contributed by atoms with Crippen molar-refractivity contribution in [1.29, 1.82) is 0 Å². The first kappa shape index (κ1) is 32.0. The van der Waals surface area contributed by atoms with Crippen molar-refractivity contribution in [3.63, 3.8) is 0 Å². The Morgan fingerprint density at radius 3 is 2.25 bits per heavy atom. The minimum Gasteiger partial charge on any atom is -0.471 e. The largest absolute Gasteiger partial charge is 0.471 e. The van der Waals surface area contributed by atoms with Gasteiger partial charge in [-0.1, -0.05) is 57.5 Å². The van der Waals surface area contributed by atoms with E-state index in [0.717, 1.165) is 52.5 Å². The van der Waals surface area contributed by atoms with Crippen LogP contribution in [0.25, 0.3) is 0 Å². The van der Waals surface area contributed by atoms with Crippen LogP contribution in [0, 0.1) is 0 Å². The number of benzene rings is 2. The summed E-state index contributed by atoms with van der Waals surface area (Å²) in [6.45, 7) is 7.11. The summed E-state index contributed by atoms with van der Waals surface area (Å²) in [6.07, 6.45) is 6.98. The number of hydrogen-bond acceptors (Lipinski definition) is 7. The number of methoxy groups -OCH3 is 1. The molecule has 6 nitrogen and oxygen atoms in total. The molecule has 0 radical (unpaired) electrons. The summed E-state index contributed by atoms with van der Waals surface area (Å²) in [6, 6.07) is 20.5. The summed E-state index contributed by atoms with van der Waals surface area (Å²) in [5, 5.41) is 0. The summed E-state index contributed by atoms with van der Waals surface area (Å²) >= 11 is 5.37. The van der Waals surface area contributed by atoms with E-state index in [1.54, 1.807) is 18.9 Å². The lowest BCUT2D eigenvalue weighted by Crippen LogP contribution is -2.19. The van der Waals surface area contributed by atoms with Crippen LogP contribution in [0.1, 0.15) is 63.0 Å². The molecular weight excluding hydrogens is 588 g/mol. The predicted octanol–water partition coefficient (Wildman–Crippen LogP) is 8.47. The monoisotopic (exact) mass is 628 g/mol. The zero-order valence-electron chi connectivity index (χ0n) is 24.2. The fraction of sp³-hybridized carbons (Fsp3) is 0.438. The summed E-state index contributed by atoms with van der Waals surface area (Å²) in [5.74, 6) is 2.49. The van der Waals surface area contributed by atoms with E-state index in [-0.39, 0.29) is 12.1 Å². The molecule has 216 valence electrons. The predicted molar refractivity (Wildman–Crippen MR) is 168 cm³/mol. The fourth-order valence-electron chi connectivity index (χ4n) is 4.28. The highest BCUT2D eigenvalue weighted by Crippen LogP contribution is 2.32. The molecule has 5 rings (SSSR count). The molecule has 0 saturated carbocycles. The molecule has 0 fully saturated rings. The van der Waals surface area contributed by atoms with Gasteiger partial charge in [-0.3, -0.25) is 0 Å². The summed E-state index contributed by atoms with van der Waals surface area (Å²) in [5.41, 5.74) is 3.48. The number of rotatable bonds is 10. The zero-order valence-corrected chi connectivity index (χ0v) is 26.6. The molecule has 0 N–H and O–H groups in total. The number of aromatic nitrogens is 1. The van der Waals surface area contributed by atoms with Crippen molar-refractivity contribution in [2.24, 2.45) is 4.99 Å². The van der Waals surface area contributed by atoms with E-state index in [1.165, 1.54) is 23.3 Å². The molecule has 1 unspecified atom stereocenters. The summed E-state index contributed by atoms with van der Waals surface area (Å²) in [4.78, 5) is 10.7. The Morgan fingerprint density at radius 2 is 1.65 bits per heavy atom. The number of aryl methyl sites for hydroxylation is 2. The van der Waals surface area contributed by atoms with Gasteiger partial charge in [0.05, 0.1) is 6.61 Å². The van der Waals surface area contributed by atoms with Crippen molar-refractivity contribution in [2.45, 2.75) is 69.9 Å². The number of halogens is 1. The number of pyridine rings is 1. The quantitative estimate of drug-likeness (QED) is 0.166. The normalized spacial score (nSPS) is 16.7. The Hall–Kier alpha value is -2.55. The van der Waals surface area contributed by atoms with Crippen LogP contribution in [0.5, 0.6) is 11.5 Å². The maximum absolute atomic E-state index is 6.25. The van der Waals surface area contributed by atoms with Gasteiger partial charge in [0.15, 0.2) is 17.4 Å². The van der Waals surface area contributed by atoms with Gasteiger partial charge in [0.25, 0.3) is 0 Å². The maximum Gasteiger partial charge on any atom is 0.231 e. The van der Waals surface area contributed by atoms with E-state index in [4.69, 9.17) is 28.9 Å². The Morgan fingerprint density at radius 1 is 0.950 bits per heavy atom. The van der Waals surface area contributed by atoms with Gasteiger partial charge in [-0.15, -0.1) is 11.8 Å². The summed E-state index contributed by atoms with van der Waals surface area (Å²) in [7, 11) is 1.71. The van der Waals surface area contributed by atoms with E-state index in [9.17, 15) is 0 Å². The van der Waals surface area contributed by atoms with Gasteiger partial charge in [0.1, 0.15) is 16.7 Å². The molecule has 0 spiro atoms. The van der Waals surface area contributed by atoms with Gasteiger partial charge < -0.3 is 18.9 Å². The van der Waals surface area contributed by atoms with Crippen LogP contribution in [0.15, 0.2) is 75.2 Å². The van der Waals surface area contributed by atoms with Crippen LogP contribution >= 0.6 is 27.7 Å². The van der Waals surface area contributed by atoms with Crippen molar-refractivity contribution in [3.05, 3.63) is 82.1 Å². The number of aliphatic imine (C=N–C) groups is 1. The van der Waals surface area contributed by atoms with E-state index >= 15 is 0 Å². The third-order valence-electron chi connectivity index (χ3n) is 6.36. The van der Waals surface area contributed by atoms with Crippen molar-refractivity contribution >= 4 is 33.6 Å². The second-order valence-corrected chi connectivity index (χ2v) is 10.7. The van der Waals surface area contributed by atoms with Crippen LogP contribution in [-0.2, 0) is 22.3 Å². The molecule has 2 aliphatic rings. The molecular formula is C32H41BrN2O4S. The van der Waals surface area contributed by atoms with Crippen molar-refractivity contribution < 1.29 is 18.9 Å². The van der Waals surface area contributed by atoms with Crippen molar-refractivity contribution in [3.8, 4) is 11.5 Å². The molecule has 2 atom stereocenters. The van der Waals surface area contributed by atoms with Crippen molar-refractivity contribution in [2.75, 3.05) is 26.8 Å². The van der Waals surface area contributed by atoms with Gasteiger partial charge >= 0.3 is 0 Å². The molecule has 40 heavy (non-hydrogen) atoms. The topological polar surface area (TPSA) is 62.2 Å². The highest BCUT2D eigenvalue weighted by Gasteiger charge is 2.32. The van der Waals surface area contributed by atoms with Gasteiger partial charge in [0.2, 0.25) is 6.79 Å². The first-order chi connectivity index (χ1) is 19.6. The maximum atomic E-state index is 6.25. The molecule has 2 aromatic carbocycles. The van der Waals surface area contributed by atoms with Crippen LogP contribution in [-0.4, -0.2) is 43.7 Å². The molecule has 3 aromatic rings. The Bertz CT molecular complexity index is 1180. The van der Waals surface area contributed by atoms with E-state index < -0.39 is 0 Å². The second kappa shape index (κ2) is 17.3. The highest BCUT2D eigenvalue weighted by molar-refractivity contribution is 9.10.